The highest BCUT2D eigenvalue weighted by atomic mass is 31.1. The van der Waals surface area contributed by atoms with E-state index in [1.165, 1.54) is 10.6 Å². The Morgan fingerprint density at radius 2 is 1.23 bits per heavy atom. The molecule has 6 heteroatoms. The maximum atomic E-state index is 10.3. The van der Waals surface area contributed by atoms with Crippen LogP contribution in [0.5, 0.6) is 0 Å². The first kappa shape index (κ1) is 19.4. The van der Waals surface area contributed by atoms with Gasteiger partial charge in [-0.05, 0) is 31.1 Å². The van der Waals surface area contributed by atoms with Crippen LogP contribution in [0.25, 0.3) is 0 Å². The number of ether oxygens (including phenoxy) is 1. The molecule has 0 bridgehead atoms. The minimum atomic E-state index is -1.31. The van der Waals surface area contributed by atoms with Gasteiger partial charge in [-0.15, -0.1) is 0 Å². The minimum absolute atomic E-state index is 0.395. The van der Waals surface area contributed by atoms with Crippen LogP contribution in [0, 0.1) is 0 Å². The first-order chi connectivity index (χ1) is 12.6. The Balaban J connectivity index is 1.76. The molecule has 0 spiro atoms. The predicted molar refractivity (Wildman–Crippen MR) is 102 cm³/mol. The summed E-state index contributed by atoms with van der Waals surface area (Å²) in [7, 11) is -0.636. The standard InChI is InChI=1S/C20H25O5P/c21-13-17-19(23)20(24)18(22)16(25-17)11-12-26(14-7-3-1-4-8-14)15-9-5-2-6-10-15/h1-10,16-24H,11-13H2/t16-,17+,18-,19+,20+/m0/s1. The van der Waals surface area contributed by atoms with E-state index in [9.17, 15) is 20.4 Å². The molecule has 3 rings (SSSR count). The molecule has 2 aromatic carbocycles. The van der Waals surface area contributed by atoms with E-state index in [2.05, 4.69) is 24.3 Å². The number of hydrogen-bond donors (Lipinski definition) is 4. The number of aliphatic hydroxyl groups excluding tert-OH is 4. The summed E-state index contributed by atoms with van der Waals surface area (Å²) in [6, 6.07) is 20.4. The monoisotopic (exact) mass is 376 g/mol. The van der Waals surface area contributed by atoms with E-state index in [0.29, 0.717) is 6.42 Å². The highest BCUT2D eigenvalue weighted by molar-refractivity contribution is 7.73. The molecule has 1 saturated heterocycles. The second-order valence-electron chi connectivity index (χ2n) is 6.48. The summed E-state index contributed by atoms with van der Waals surface area (Å²) in [6.45, 7) is -0.395. The third kappa shape index (κ3) is 4.32. The van der Waals surface area contributed by atoms with Crippen molar-refractivity contribution in [2.75, 3.05) is 12.8 Å². The molecule has 0 amide bonds. The van der Waals surface area contributed by atoms with Gasteiger partial charge in [0.1, 0.15) is 24.4 Å². The van der Waals surface area contributed by atoms with Crippen LogP contribution < -0.4 is 10.6 Å². The molecule has 0 radical (unpaired) electrons. The Bertz CT molecular complexity index is 627. The Hall–Kier alpha value is -1.33. The van der Waals surface area contributed by atoms with Gasteiger partial charge in [0.05, 0.1) is 12.7 Å². The zero-order valence-corrected chi connectivity index (χ0v) is 15.3. The van der Waals surface area contributed by atoms with Crippen molar-refractivity contribution in [3.8, 4) is 0 Å². The minimum Gasteiger partial charge on any atom is -0.394 e. The third-order valence-corrected chi connectivity index (χ3v) is 7.31. The second-order valence-corrected chi connectivity index (χ2v) is 8.81. The van der Waals surface area contributed by atoms with E-state index in [1.54, 1.807) is 0 Å². The number of benzene rings is 2. The predicted octanol–water partition coefficient (Wildman–Crippen LogP) is 0.352. The first-order valence-corrected chi connectivity index (χ1v) is 10.3. The van der Waals surface area contributed by atoms with Crippen molar-refractivity contribution in [3.63, 3.8) is 0 Å². The molecule has 1 aliphatic rings. The first-order valence-electron chi connectivity index (χ1n) is 8.80. The molecular formula is C20H25O5P. The normalized spacial score (nSPS) is 29.0. The van der Waals surface area contributed by atoms with E-state index in [1.807, 2.05) is 36.4 Å². The van der Waals surface area contributed by atoms with E-state index < -0.39 is 45.0 Å². The topological polar surface area (TPSA) is 90.2 Å². The van der Waals surface area contributed by atoms with Crippen LogP contribution >= 0.6 is 7.92 Å². The largest absolute Gasteiger partial charge is 0.394 e. The Morgan fingerprint density at radius 1 is 0.731 bits per heavy atom. The summed E-state index contributed by atoms with van der Waals surface area (Å²) in [5, 5.41) is 42.0. The van der Waals surface area contributed by atoms with Gasteiger partial charge in [-0.2, -0.15) is 0 Å². The summed E-state index contributed by atoms with van der Waals surface area (Å²) < 4.78 is 5.65. The second kappa shape index (κ2) is 9.05. The maximum absolute atomic E-state index is 10.3. The van der Waals surface area contributed by atoms with E-state index >= 15 is 0 Å². The van der Waals surface area contributed by atoms with Crippen molar-refractivity contribution in [2.24, 2.45) is 0 Å². The zero-order valence-electron chi connectivity index (χ0n) is 14.4. The third-order valence-electron chi connectivity index (χ3n) is 4.76. The molecule has 26 heavy (non-hydrogen) atoms. The van der Waals surface area contributed by atoms with Crippen LogP contribution in [0.4, 0.5) is 0 Å². The highest BCUT2D eigenvalue weighted by Gasteiger charge is 2.43. The summed E-state index contributed by atoms with van der Waals surface area (Å²) in [5.41, 5.74) is 0. The van der Waals surface area contributed by atoms with Crippen LogP contribution in [-0.2, 0) is 4.74 Å². The van der Waals surface area contributed by atoms with Gasteiger partial charge in [0, 0.05) is 0 Å². The van der Waals surface area contributed by atoms with Crippen molar-refractivity contribution in [2.45, 2.75) is 36.9 Å². The van der Waals surface area contributed by atoms with Crippen molar-refractivity contribution in [1.82, 2.24) is 0 Å². The van der Waals surface area contributed by atoms with Gasteiger partial charge in [0.25, 0.3) is 0 Å². The number of hydrogen-bond acceptors (Lipinski definition) is 5. The molecular weight excluding hydrogens is 351 g/mol. The van der Waals surface area contributed by atoms with Gasteiger partial charge >= 0.3 is 0 Å². The van der Waals surface area contributed by atoms with E-state index in [4.69, 9.17) is 4.74 Å². The van der Waals surface area contributed by atoms with Gasteiger partial charge in [0.15, 0.2) is 0 Å². The molecule has 0 saturated carbocycles. The number of rotatable bonds is 6. The Labute approximate surface area is 154 Å². The average molecular weight is 376 g/mol. The van der Waals surface area contributed by atoms with Crippen LogP contribution in [0.1, 0.15) is 6.42 Å². The zero-order chi connectivity index (χ0) is 18.5. The lowest BCUT2D eigenvalue weighted by atomic mass is 9.94. The lowest BCUT2D eigenvalue weighted by molar-refractivity contribution is -0.229. The van der Waals surface area contributed by atoms with Gasteiger partial charge in [-0.3, -0.25) is 0 Å². The van der Waals surface area contributed by atoms with Gasteiger partial charge < -0.3 is 25.2 Å². The summed E-state index contributed by atoms with van der Waals surface area (Å²) in [5.74, 6) is 0. The summed E-state index contributed by atoms with van der Waals surface area (Å²) in [6.07, 6.45) is -3.97. The smallest absolute Gasteiger partial charge is 0.111 e. The SMILES string of the molecule is OC[C@H]1O[C@@H](CCP(c2ccccc2)c2ccccc2)[C@H](O)[C@@H](O)[C@@H]1O. The fraction of sp³-hybridized carbons (Fsp3) is 0.400. The molecule has 1 heterocycles. The molecule has 1 fully saturated rings. The molecule has 0 aromatic heterocycles. The quantitative estimate of drug-likeness (QED) is 0.547. The van der Waals surface area contributed by atoms with E-state index in [0.717, 1.165) is 6.16 Å². The molecule has 2 aromatic rings. The number of aliphatic hydroxyl groups is 4. The molecule has 140 valence electrons. The molecule has 0 unspecified atom stereocenters. The van der Waals surface area contributed by atoms with Crippen molar-refractivity contribution in [3.05, 3.63) is 60.7 Å². The van der Waals surface area contributed by atoms with Crippen molar-refractivity contribution < 1.29 is 25.2 Å². The Morgan fingerprint density at radius 3 is 1.73 bits per heavy atom. The molecule has 4 N–H and O–H groups in total. The summed E-state index contributed by atoms with van der Waals surface area (Å²) in [4.78, 5) is 0. The maximum Gasteiger partial charge on any atom is 0.111 e. The fourth-order valence-electron chi connectivity index (χ4n) is 3.30. The molecule has 5 nitrogen and oxygen atoms in total. The van der Waals surface area contributed by atoms with Crippen molar-refractivity contribution >= 4 is 18.5 Å². The molecule has 5 atom stereocenters. The van der Waals surface area contributed by atoms with Gasteiger partial charge in [0.2, 0.25) is 0 Å². The van der Waals surface area contributed by atoms with Crippen LogP contribution in [0.3, 0.4) is 0 Å². The van der Waals surface area contributed by atoms with Gasteiger partial charge in [-0.25, -0.2) is 0 Å². The lowest BCUT2D eigenvalue weighted by Gasteiger charge is -2.40. The average Bonchev–Trinajstić information content (AvgIpc) is 2.69. The van der Waals surface area contributed by atoms with Crippen molar-refractivity contribution in [1.29, 1.82) is 0 Å². The summed E-state index contributed by atoms with van der Waals surface area (Å²) >= 11 is 0. The van der Waals surface area contributed by atoms with Crippen LogP contribution in [-0.4, -0.2) is 63.7 Å². The fourth-order valence-corrected chi connectivity index (χ4v) is 5.69. The van der Waals surface area contributed by atoms with Crippen LogP contribution in [0.2, 0.25) is 0 Å². The lowest BCUT2D eigenvalue weighted by Crippen LogP contribution is -2.58. The van der Waals surface area contributed by atoms with Crippen LogP contribution in [0.15, 0.2) is 60.7 Å². The van der Waals surface area contributed by atoms with E-state index in [-0.39, 0.29) is 0 Å². The Kier molecular flexibility index (Phi) is 6.76. The highest BCUT2D eigenvalue weighted by Crippen LogP contribution is 2.36. The van der Waals surface area contributed by atoms with Gasteiger partial charge in [-0.1, -0.05) is 60.7 Å². The molecule has 0 aliphatic carbocycles. The molecule has 1 aliphatic heterocycles.